The van der Waals surface area contributed by atoms with Crippen LogP contribution in [0.1, 0.15) is 73.6 Å². The summed E-state index contributed by atoms with van der Waals surface area (Å²) in [6.45, 7) is 15.6. The van der Waals surface area contributed by atoms with E-state index in [9.17, 15) is 19.3 Å². The van der Waals surface area contributed by atoms with Crippen molar-refractivity contribution in [3.63, 3.8) is 0 Å². The number of nitrogen functional groups attached to an aromatic ring is 1. The number of rotatable bonds is 15. The van der Waals surface area contributed by atoms with Crippen molar-refractivity contribution in [3.8, 4) is 5.75 Å². The van der Waals surface area contributed by atoms with Crippen LogP contribution in [0.15, 0.2) is 47.7 Å². The van der Waals surface area contributed by atoms with Crippen molar-refractivity contribution in [1.29, 1.82) is 0 Å². The maximum Gasteiger partial charge on any atom is 0.544 e. The highest BCUT2D eigenvalue weighted by Gasteiger charge is 2.62. The fraction of sp³-hybridized carbons (Fsp3) is 0.556. The standard InChI is InChI=1S/C36H52N6O10P/c1-11-47-34(45)23(6)41-53(46,52-25-14-12-24(13-15-25)35(7,8)9)48-18-27-29(49-32(43)21(2)3)30(50-33(44)22(4)5)36(51-27,19-38-10)28-17-16-26-31(37)39-20-40-42(26)28/h12-17,19-23,27,29-30,41,46H,11,18H2,1-10H3,(H2,37,39,40)/q+1/t23-,27+,29+,30+,36-,53?/m0/s1. The van der Waals surface area contributed by atoms with Gasteiger partial charge >= 0.3 is 26.0 Å². The van der Waals surface area contributed by atoms with E-state index in [4.69, 9.17) is 33.7 Å². The number of anilines is 1. The highest BCUT2D eigenvalue weighted by molar-refractivity contribution is 7.59. The predicted molar refractivity (Wildman–Crippen MR) is 198 cm³/mol. The summed E-state index contributed by atoms with van der Waals surface area (Å²) in [5, 5.41) is 7.14. The van der Waals surface area contributed by atoms with E-state index >= 15 is 0 Å². The number of aliphatic imine (C=N–C) groups is 1. The van der Waals surface area contributed by atoms with Gasteiger partial charge in [-0.15, -0.1) is 0 Å². The fourth-order valence-corrected chi connectivity index (χ4v) is 7.11. The fourth-order valence-electron chi connectivity index (χ4n) is 5.58. The van der Waals surface area contributed by atoms with Crippen molar-refractivity contribution in [2.45, 2.75) is 97.7 Å². The van der Waals surface area contributed by atoms with E-state index in [0.29, 0.717) is 11.2 Å². The molecule has 0 spiro atoms. The average molecular weight is 760 g/mol. The summed E-state index contributed by atoms with van der Waals surface area (Å²) in [5.41, 5.74) is 6.08. The molecule has 53 heavy (non-hydrogen) atoms. The van der Waals surface area contributed by atoms with Gasteiger partial charge in [0, 0.05) is 13.3 Å². The Morgan fingerprint density at radius 1 is 1.06 bits per heavy atom. The Morgan fingerprint density at radius 3 is 2.28 bits per heavy atom. The van der Waals surface area contributed by atoms with Crippen LogP contribution in [0, 0.1) is 11.8 Å². The zero-order chi connectivity index (χ0) is 39.3. The molecular weight excluding hydrogens is 707 g/mol. The molecule has 1 saturated heterocycles. The summed E-state index contributed by atoms with van der Waals surface area (Å²) in [7, 11) is -2.69. The first-order valence-electron chi connectivity index (χ1n) is 17.5. The summed E-state index contributed by atoms with van der Waals surface area (Å²) in [6, 6.07) is 9.35. The van der Waals surface area contributed by atoms with E-state index in [2.05, 4.69) is 40.9 Å². The summed E-state index contributed by atoms with van der Waals surface area (Å²) in [5.74, 6) is -2.60. The largest absolute Gasteiger partial charge is 0.544 e. The van der Waals surface area contributed by atoms with Gasteiger partial charge in [0.25, 0.3) is 0 Å². The lowest BCUT2D eigenvalue weighted by Gasteiger charge is -2.32. The first-order chi connectivity index (χ1) is 24.9. The van der Waals surface area contributed by atoms with Gasteiger partial charge in [-0.3, -0.25) is 23.9 Å². The first-order valence-corrected chi connectivity index (χ1v) is 19.0. The third-order valence-electron chi connectivity index (χ3n) is 8.44. The molecule has 1 fully saturated rings. The molecule has 0 aliphatic carbocycles. The van der Waals surface area contributed by atoms with Gasteiger partial charge in [-0.2, -0.15) is 14.5 Å². The summed E-state index contributed by atoms with van der Waals surface area (Å²) < 4.78 is 37.7. The number of nitrogens with zero attached hydrogens (tertiary/aromatic N) is 4. The molecule has 1 aliphatic rings. The van der Waals surface area contributed by atoms with Gasteiger partial charge in [-0.25, -0.2) is 9.50 Å². The van der Waals surface area contributed by atoms with E-state index in [1.807, 2.05) is 12.1 Å². The van der Waals surface area contributed by atoms with Crippen LogP contribution in [0.3, 0.4) is 0 Å². The molecule has 0 saturated carbocycles. The number of benzene rings is 1. The molecule has 2 aromatic heterocycles. The molecular formula is C36H52N6O10P+. The molecule has 3 heterocycles. The molecule has 0 radical (unpaired) electrons. The normalized spacial score (nSPS) is 22.2. The van der Waals surface area contributed by atoms with E-state index in [-0.39, 0.29) is 23.6 Å². The second kappa shape index (κ2) is 16.9. The topological polar surface area (TPSA) is 207 Å². The number of fused-ring (bicyclic) bond motifs is 1. The Bertz CT molecular complexity index is 1780. The van der Waals surface area contributed by atoms with Crippen molar-refractivity contribution in [2.75, 3.05) is 26.0 Å². The third-order valence-corrected chi connectivity index (χ3v) is 10.1. The minimum atomic E-state index is -4.19. The lowest BCUT2D eigenvalue weighted by molar-refractivity contribution is -0.172. The quantitative estimate of drug-likeness (QED) is 0.0853. The number of carbonyl (C=O) groups excluding carboxylic acids is 3. The number of nitrogens with two attached hydrogens (primary N) is 1. The maximum absolute atomic E-state index is 13.3. The number of hydrogen-bond donors (Lipinski definition) is 3. The van der Waals surface area contributed by atoms with Gasteiger partial charge in [0.05, 0.1) is 24.1 Å². The molecule has 1 unspecified atom stereocenters. The number of aromatic nitrogens is 3. The van der Waals surface area contributed by atoms with E-state index in [0.717, 1.165) is 5.56 Å². The molecule has 4 rings (SSSR count). The number of esters is 3. The summed E-state index contributed by atoms with van der Waals surface area (Å²) in [4.78, 5) is 59.7. The van der Waals surface area contributed by atoms with Gasteiger partial charge in [0.2, 0.25) is 0 Å². The average Bonchev–Trinajstić information content (AvgIpc) is 3.64. The smallest absolute Gasteiger partial charge is 0.465 e. The minimum Gasteiger partial charge on any atom is -0.465 e. The van der Waals surface area contributed by atoms with Gasteiger partial charge in [-0.1, -0.05) is 65.7 Å². The van der Waals surface area contributed by atoms with E-state index in [1.54, 1.807) is 58.9 Å². The van der Waals surface area contributed by atoms with Gasteiger partial charge in [0.1, 0.15) is 30.6 Å². The lowest BCUT2D eigenvalue weighted by Crippen LogP contribution is -2.48. The second-order valence-electron chi connectivity index (χ2n) is 14.4. The Labute approximate surface area is 310 Å². The number of nitrogens with one attached hydrogen (secondary N) is 1. The number of carbonyl (C=O) groups is 3. The van der Waals surface area contributed by atoms with Crippen LogP contribution in [-0.2, 0) is 48.9 Å². The first kappa shape index (κ1) is 41.5. The molecule has 290 valence electrons. The molecule has 1 aliphatic heterocycles. The summed E-state index contributed by atoms with van der Waals surface area (Å²) >= 11 is 0. The number of ether oxygens (including phenoxy) is 4. The third kappa shape index (κ3) is 9.48. The molecule has 6 atom stereocenters. The van der Waals surface area contributed by atoms with Gasteiger partial charge < -0.3 is 24.7 Å². The monoisotopic (exact) mass is 759 g/mol. The maximum atomic E-state index is 13.3. The Kier molecular flexibility index (Phi) is 13.2. The van der Waals surface area contributed by atoms with Crippen molar-refractivity contribution >= 4 is 43.6 Å². The summed E-state index contributed by atoms with van der Waals surface area (Å²) in [6.07, 6.45) is -1.18. The van der Waals surface area contributed by atoms with Crippen LogP contribution in [0.4, 0.5) is 5.82 Å². The molecule has 17 heteroatoms. The molecule has 0 amide bonds. The number of hydrogen-bond acceptors (Lipinski definition) is 15. The van der Waals surface area contributed by atoms with Crippen LogP contribution in [0.2, 0.25) is 0 Å². The molecule has 16 nitrogen and oxygen atoms in total. The predicted octanol–water partition coefficient (Wildman–Crippen LogP) is 4.35. The van der Waals surface area contributed by atoms with Crippen LogP contribution in [0.5, 0.6) is 5.75 Å². The SMILES string of the molecule is CCOC(=O)[C@H](C)N[P+](O)(OC[C@H]1O[C@@](C=NC)(c2ccc3c(N)ncnn23)[C@H](OC(=O)C(C)C)[C@@H]1OC(=O)C(C)C)Oc1ccc(C(C)(C)C)cc1. The van der Waals surface area contributed by atoms with Crippen molar-refractivity contribution in [1.82, 2.24) is 19.7 Å². The van der Waals surface area contributed by atoms with E-state index in [1.165, 1.54) is 31.0 Å². The molecule has 4 N–H and O–H groups in total. The van der Waals surface area contributed by atoms with Gasteiger partial charge in [0.15, 0.2) is 29.4 Å². The van der Waals surface area contributed by atoms with E-state index < -0.39 is 74.4 Å². The molecule has 3 aromatic rings. The highest BCUT2D eigenvalue weighted by Crippen LogP contribution is 2.54. The van der Waals surface area contributed by atoms with Crippen molar-refractivity contribution in [2.24, 2.45) is 16.8 Å². The van der Waals surface area contributed by atoms with Gasteiger partial charge in [-0.05, 0) is 49.1 Å². The Balaban J connectivity index is 1.82. The zero-order valence-corrected chi connectivity index (χ0v) is 32.8. The van der Waals surface area contributed by atoms with Crippen LogP contribution in [0.25, 0.3) is 5.52 Å². The molecule has 0 bridgehead atoms. The Morgan fingerprint density at radius 2 is 1.70 bits per heavy atom. The lowest BCUT2D eigenvalue weighted by atomic mass is 9.87. The molecule has 1 aromatic carbocycles. The Hall–Kier alpha value is -4.21. The zero-order valence-electron chi connectivity index (χ0n) is 31.9. The highest BCUT2D eigenvalue weighted by atomic mass is 31.2. The van der Waals surface area contributed by atoms with Crippen molar-refractivity contribution < 1.29 is 47.3 Å². The van der Waals surface area contributed by atoms with Crippen LogP contribution in [-0.4, -0.2) is 88.2 Å². The van der Waals surface area contributed by atoms with Crippen LogP contribution >= 0.6 is 8.09 Å². The second-order valence-corrected chi connectivity index (χ2v) is 16.1. The van der Waals surface area contributed by atoms with Crippen molar-refractivity contribution in [3.05, 3.63) is 54.0 Å². The minimum absolute atomic E-state index is 0.110. The van der Waals surface area contributed by atoms with Crippen LogP contribution < -0.4 is 15.3 Å².